The molecule has 0 saturated carbocycles. The number of rotatable bonds is 17. The summed E-state index contributed by atoms with van der Waals surface area (Å²) < 4.78 is 13.5. The third-order valence-electron chi connectivity index (χ3n) is 8.33. The summed E-state index contributed by atoms with van der Waals surface area (Å²) in [6, 6.07) is 21.6. The van der Waals surface area contributed by atoms with Crippen LogP contribution in [-0.2, 0) is 9.16 Å². The Balaban J connectivity index is 1.48. The van der Waals surface area contributed by atoms with Crippen LogP contribution in [0.15, 0.2) is 60.7 Å². The fourth-order valence-corrected chi connectivity index (χ4v) is 10.7. The Kier molecular flexibility index (Phi) is 13.0. The summed E-state index contributed by atoms with van der Waals surface area (Å²) in [5, 5.41) is 13.4. The van der Waals surface area contributed by atoms with Crippen LogP contribution in [0, 0.1) is 0 Å². The van der Waals surface area contributed by atoms with E-state index in [2.05, 4.69) is 88.4 Å². The van der Waals surface area contributed by atoms with E-state index in [-0.39, 0.29) is 23.4 Å². The average Bonchev–Trinajstić information content (AvgIpc) is 3.40. The van der Waals surface area contributed by atoms with Crippen molar-refractivity contribution in [3.05, 3.63) is 60.7 Å². The van der Waals surface area contributed by atoms with E-state index < -0.39 is 8.32 Å². The molecule has 0 radical (unpaired) electrons. The molecule has 3 nitrogen and oxygen atoms in total. The van der Waals surface area contributed by atoms with Crippen molar-refractivity contribution in [3.8, 4) is 0 Å². The van der Waals surface area contributed by atoms with Crippen molar-refractivity contribution in [3.63, 3.8) is 0 Å². The number of ether oxygens (including phenoxy) is 1. The summed E-state index contributed by atoms with van der Waals surface area (Å²) in [6.45, 7) is 9.79. The van der Waals surface area contributed by atoms with E-state index >= 15 is 0 Å². The van der Waals surface area contributed by atoms with E-state index in [1.165, 1.54) is 68.2 Å². The van der Waals surface area contributed by atoms with Gasteiger partial charge >= 0.3 is 0 Å². The van der Waals surface area contributed by atoms with E-state index in [4.69, 9.17) is 9.16 Å². The molecule has 0 amide bonds. The minimum absolute atomic E-state index is 0.0390. The lowest BCUT2D eigenvalue weighted by Gasteiger charge is -2.43. The molecule has 1 saturated heterocycles. The van der Waals surface area contributed by atoms with Gasteiger partial charge in [0.15, 0.2) is 0 Å². The van der Waals surface area contributed by atoms with Gasteiger partial charge in [-0.05, 0) is 34.7 Å². The Hall–Kier alpha value is -1.46. The van der Waals surface area contributed by atoms with Gasteiger partial charge in [-0.25, -0.2) is 0 Å². The van der Waals surface area contributed by atoms with Crippen LogP contribution in [0.4, 0.5) is 0 Å². The van der Waals surface area contributed by atoms with Crippen molar-refractivity contribution >= 4 is 18.7 Å². The lowest BCUT2D eigenvalue weighted by atomic mass is 10.0. The van der Waals surface area contributed by atoms with Crippen LogP contribution in [0.2, 0.25) is 5.04 Å². The highest BCUT2D eigenvalue weighted by Crippen LogP contribution is 2.37. The molecule has 0 spiro atoms. The third-order valence-corrected chi connectivity index (χ3v) is 13.3. The van der Waals surface area contributed by atoms with Gasteiger partial charge in [0.1, 0.15) is 0 Å². The highest BCUT2D eigenvalue weighted by Gasteiger charge is 2.50. The van der Waals surface area contributed by atoms with Crippen molar-refractivity contribution < 1.29 is 14.3 Å². The first-order chi connectivity index (χ1) is 18.4. The predicted molar refractivity (Wildman–Crippen MR) is 164 cm³/mol. The molecule has 1 N–H and O–H groups in total. The molecule has 4 heteroatoms. The maximum absolute atomic E-state index is 10.8. The predicted octanol–water partition coefficient (Wildman–Crippen LogP) is 7.78. The highest BCUT2D eigenvalue weighted by atomic mass is 28.4. The first-order valence-electron chi connectivity index (χ1n) is 15.5. The van der Waals surface area contributed by atoms with E-state index in [0.29, 0.717) is 6.61 Å². The van der Waals surface area contributed by atoms with Gasteiger partial charge in [-0.3, -0.25) is 0 Å². The molecular weight excluding hydrogens is 484 g/mol. The van der Waals surface area contributed by atoms with Gasteiger partial charge in [-0.15, -0.1) is 0 Å². The Bertz CT molecular complexity index is 840. The molecule has 0 unspecified atom stereocenters. The van der Waals surface area contributed by atoms with Gasteiger partial charge < -0.3 is 14.3 Å². The van der Waals surface area contributed by atoms with Crippen molar-refractivity contribution in [1.82, 2.24) is 0 Å². The van der Waals surface area contributed by atoms with Crippen molar-refractivity contribution in [2.45, 2.75) is 135 Å². The topological polar surface area (TPSA) is 38.7 Å². The number of hydrogen-bond donors (Lipinski definition) is 1. The van der Waals surface area contributed by atoms with Gasteiger partial charge in [0.25, 0.3) is 8.32 Å². The smallest absolute Gasteiger partial charge is 0.261 e. The molecule has 2 aromatic rings. The number of aliphatic hydroxyl groups is 1. The summed E-state index contributed by atoms with van der Waals surface area (Å²) in [4.78, 5) is 0. The molecule has 212 valence electrons. The minimum Gasteiger partial charge on any atom is -0.405 e. The summed E-state index contributed by atoms with van der Waals surface area (Å²) >= 11 is 0. The number of benzene rings is 2. The second-order valence-electron chi connectivity index (χ2n) is 12.4. The normalized spacial score (nSPS) is 19.1. The summed E-state index contributed by atoms with van der Waals surface area (Å²) in [5.74, 6) is 0. The molecule has 0 aliphatic carbocycles. The van der Waals surface area contributed by atoms with Crippen LogP contribution in [0.5, 0.6) is 0 Å². The number of aliphatic hydroxyl groups excluding tert-OH is 1. The van der Waals surface area contributed by atoms with Crippen LogP contribution in [0.1, 0.15) is 111 Å². The Labute approximate surface area is 234 Å². The Morgan fingerprint density at radius 3 is 1.79 bits per heavy atom. The van der Waals surface area contributed by atoms with E-state index in [1.807, 2.05) is 0 Å². The van der Waals surface area contributed by atoms with Gasteiger partial charge in [0.05, 0.1) is 24.9 Å². The molecule has 3 atom stereocenters. The van der Waals surface area contributed by atoms with Gasteiger partial charge in [-0.1, -0.05) is 153 Å². The molecule has 1 heterocycles. The molecule has 3 rings (SSSR count). The van der Waals surface area contributed by atoms with Crippen LogP contribution in [0.3, 0.4) is 0 Å². The average molecular weight is 539 g/mol. The van der Waals surface area contributed by atoms with Crippen LogP contribution >= 0.6 is 0 Å². The third kappa shape index (κ3) is 8.77. The van der Waals surface area contributed by atoms with E-state index in [9.17, 15) is 5.11 Å². The van der Waals surface area contributed by atoms with Gasteiger partial charge in [0.2, 0.25) is 0 Å². The fourth-order valence-electron chi connectivity index (χ4n) is 6.15. The fraction of sp³-hybridized carbons (Fsp3) is 0.647. The van der Waals surface area contributed by atoms with Gasteiger partial charge in [0, 0.05) is 0 Å². The van der Waals surface area contributed by atoms with Crippen LogP contribution in [0.25, 0.3) is 0 Å². The number of unbranched alkanes of at least 4 members (excludes halogenated alkanes) is 9. The molecule has 0 bridgehead atoms. The van der Waals surface area contributed by atoms with Gasteiger partial charge in [-0.2, -0.15) is 0 Å². The Morgan fingerprint density at radius 2 is 1.29 bits per heavy atom. The van der Waals surface area contributed by atoms with E-state index in [0.717, 1.165) is 25.7 Å². The molecule has 38 heavy (non-hydrogen) atoms. The first-order valence-corrected chi connectivity index (χ1v) is 17.4. The summed E-state index contributed by atoms with van der Waals surface area (Å²) in [5.41, 5.74) is 0. The molecule has 2 aromatic carbocycles. The summed E-state index contributed by atoms with van der Waals surface area (Å²) in [7, 11) is -2.56. The molecule has 1 fully saturated rings. The lowest BCUT2D eigenvalue weighted by molar-refractivity contribution is -0.0496. The maximum atomic E-state index is 10.8. The standard InChI is InChI=1S/C34H54O3Si/c1-5-6-7-8-9-10-11-12-13-20-25-32(35)33-27-26-29(37-33)28-36-38(34(2,3)4,30-21-16-14-17-22-30)31-23-18-15-19-24-31/h14-19,21-24,29,32-33,35H,5-13,20,25-28H2,1-4H3/t29-,32+,33-/m1/s1. The molecule has 0 aromatic heterocycles. The molecular formula is C34H54O3Si. The molecule has 1 aliphatic rings. The maximum Gasteiger partial charge on any atom is 0.261 e. The zero-order valence-electron chi connectivity index (χ0n) is 24.7. The van der Waals surface area contributed by atoms with Crippen molar-refractivity contribution in [2.24, 2.45) is 0 Å². The van der Waals surface area contributed by atoms with Crippen LogP contribution in [-0.4, -0.2) is 38.3 Å². The largest absolute Gasteiger partial charge is 0.405 e. The highest BCUT2D eigenvalue weighted by molar-refractivity contribution is 6.99. The van der Waals surface area contributed by atoms with Crippen LogP contribution < -0.4 is 10.4 Å². The zero-order chi connectivity index (χ0) is 27.3. The van der Waals surface area contributed by atoms with Crippen molar-refractivity contribution in [2.75, 3.05) is 6.61 Å². The SMILES string of the molecule is CCCCCCCCCCCC[C@H](O)[C@H]1CC[C@H](CO[Si](c2ccccc2)(c2ccccc2)C(C)(C)C)O1. The monoisotopic (exact) mass is 538 g/mol. The number of hydrogen-bond acceptors (Lipinski definition) is 3. The van der Waals surface area contributed by atoms with E-state index in [1.54, 1.807) is 0 Å². The second-order valence-corrected chi connectivity index (χ2v) is 16.7. The minimum atomic E-state index is -2.56. The summed E-state index contributed by atoms with van der Waals surface area (Å²) in [6.07, 6.45) is 15.6. The van der Waals surface area contributed by atoms with Crippen molar-refractivity contribution in [1.29, 1.82) is 0 Å². The Morgan fingerprint density at radius 1 is 0.789 bits per heavy atom. The lowest BCUT2D eigenvalue weighted by Crippen LogP contribution is -2.67. The zero-order valence-corrected chi connectivity index (χ0v) is 25.7. The second kappa shape index (κ2) is 16.0. The molecule has 1 aliphatic heterocycles. The quantitative estimate of drug-likeness (QED) is 0.165. The first kappa shape index (κ1) is 31.1.